The molecule has 0 unspecified atom stereocenters. The second-order valence-electron chi connectivity index (χ2n) is 5.08. The Bertz CT molecular complexity index is 92.6. The third-order valence-electron chi connectivity index (χ3n) is 2.91. The van der Waals surface area contributed by atoms with Gasteiger partial charge in [-0.2, -0.15) is 0 Å². The molecule has 1 rings (SSSR count). The van der Waals surface area contributed by atoms with Crippen LogP contribution in [0.5, 0.6) is 0 Å². The molecule has 0 aromatic heterocycles. The van der Waals surface area contributed by atoms with Crippen LogP contribution in [0.3, 0.4) is 0 Å². The molecule has 0 N–H and O–H groups in total. The molecule has 0 heteroatoms. The molecular weight excluding hydrogens is 156 g/mol. The number of rotatable bonds is 4. The zero-order valence-corrected chi connectivity index (χ0v) is 10.2. The van der Waals surface area contributed by atoms with Crippen LogP contribution in [0, 0.1) is 5.41 Å². The molecule has 1 aliphatic carbocycles. The second-order valence-corrected chi connectivity index (χ2v) is 5.08. The van der Waals surface area contributed by atoms with Gasteiger partial charge in [-0.1, -0.05) is 66.2 Å². The summed E-state index contributed by atoms with van der Waals surface area (Å²) in [7, 11) is 0. The van der Waals surface area contributed by atoms with Crippen LogP contribution in [0.1, 0.15) is 79.1 Å². The smallest absolute Gasteiger partial charge is 0.0354 e. The standard InChI is InChI=1S/C7H16.C6H12/c1-3-5-7-6-4-2;1-6(2)4-3-5-6/h3-7H2,1-2H3;3-5H2,1-2H3. The molecular formula is C13H28. The van der Waals surface area contributed by atoms with E-state index in [1.807, 2.05) is 0 Å². The van der Waals surface area contributed by atoms with Crippen LogP contribution in [-0.2, 0) is 0 Å². The maximum absolute atomic E-state index is 2.33. The molecule has 0 aliphatic heterocycles. The Labute approximate surface area is 85.1 Å². The van der Waals surface area contributed by atoms with Gasteiger partial charge in [0, 0.05) is 0 Å². The van der Waals surface area contributed by atoms with Crippen LogP contribution in [-0.4, -0.2) is 0 Å². The lowest BCUT2D eigenvalue weighted by molar-refractivity contribution is 0.190. The highest BCUT2D eigenvalue weighted by atomic mass is 14.3. The molecule has 0 amide bonds. The third kappa shape index (κ3) is 8.33. The highest BCUT2D eigenvalue weighted by Crippen LogP contribution is 2.38. The first-order chi connectivity index (χ1) is 6.12. The topological polar surface area (TPSA) is 0 Å². The molecule has 1 aliphatic rings. The van der Waals surface area contributed by atoms with E-state index in [1.165, 1.54) is 51.4 Å². The lowest BCUT2D eigenvalue weighted by atomic mass is 9.72. The minimum absolute atomic E-state index is 0.722. The van der Waals surface area contributed by atoms with E-state index in [1.54, 1.807) is 0 Å². The number of hydrogen-bond donors (Lipinski definition) is 0. The average molecular weight is 184 g/mol. The SMILES string of the molecule is CC1(C)CCC1.CCCCCCC. The van der Waals surface area contributed by atoms with Gasteiger partial charge in [0.1, 0.15) is 0 Å². The number of unbranched alkanes of at least 4 members (excludes halogenated alkanes) is 4. The van der Waals surface area contributed by atoms with E-state index in [4.69, 9.17) is 0 Å². The Kier molecular flexibility index (Phi) is 7.41. The van der Waals surface area contributed by atoms with Gasteiger partial charge in [0.25, 0.3) is 0 Å². The Morgan fingerprint density at radius 1 is 0.846 bits per heavy atom. The van der Waals surface area contributed by atoms with Crippen molar-refractivity contribution in [2.24, 2.45) is 5.41 Å². The quantitative estimate of drug-likeness (QED) is 0.528. The van der Waals surface area contributed by atoms with Gasteiger partial charge in [0.05, 0.1) is 0 Å². The Morgan fingerprint density at radius 3 is 1.38 bits per heavy atom. The predicted octanol–water partition coefficient (Wildman–Crippen LogP) is 5.17. The van der Waals surface area contributed by atoms with Crippen molar-refractivity contribution in [3.8, 4) is 0 Å². The first-order valence-corrected chi connectivity index (χ1v) is 6.12. The summed E-state index contributed by atoms with van der Waals surface area (Å²) in [6, 6.07) is 0. The molecule has 80 valence electrons. The van der Waals surface area contributed by atoms with Crippen molar-refractivity contribution in [2.75, 3.05) is 0 Å². The van der Waals surface area contributed by atoms with Gasteiger partial charge < -0.3 is 0 Å². The summed E-state index contributed by atoms with van der Waals surface area (Å²) >= 11 is 0. The van der Waals surface area contributed by atoms with Crippen molar-refractivity contribution in [2.45, 2.75) is 79.1 Å². The van der Waals surface area contributed by atoms with E-state index in [9.17, 15) is 0 Å². The van der Waals surface area contributed by atoms with E-state index in [2.05, 4.69) is 27.7 Å². The lowest BCUT2D eigenvalue weighted by Crippen LogP contribution is -2.20. The van der Waals surface area contributed by atoms with Crippen LogP contribution in [0.2, 0.25) is 0 Å². The van der Waals surface area contributed by atoms with Gasteiger partial charge in [-0.05, 0) is 18.3 Å². The van der Waals surface area contributed by atoms with E-state index < -0.39 is 0 Å². The molecule has 0 aromatic carbocycles. The summed E-state index contributed by atoms with van der Waals surface area (Å²) in [5.74, 6) is 0. The van der Waals surface area contributed by atoms with Gasteiger partial charge >= 0.3 is 0 Å². The van der Waals surface area contributed by atoms with Crippen LogP contribution < -0.4 is 0 Å². The van der Waals surface area contributed by atoms with Crippen LogP contribution >= 0.6 is 0 Å². The molecule has 0 radical (unpaired) electrons. The first-order valence-electron chi connectivity index (χ1n) is 6.12. The van der Waals surface area contributed by atoms with E-state index in [-0.39, 0.29) is 0 Å². The molecule has 13 heavy (non-hydrogen) atoms. The lowest BCUT2D eigenvalue weighted by Gasteiger charge is -2.33. The fourth-order valence-electron chi connectivity index (χ4n) is 1.56. The van der Waals surface area contributed by atoms with Crippen molar-refractivity contribution >= 4 is 0 Å². The van der Waals surface area contributed by atoms with Gasteiger partial charge in [-0.3, -0.25) is 0 Å². The summed E-state index contributed by atoms with van der Waals surface area (Å²) < 4.78 is 0. The van der Waals surface area contributed by atoms with Crippen LogP contribution in [0.15, 0.2) is 0 Å². The summed E-state index contributed by atoms with van der Waals surface area (Å²) in [5.41, 5.74) is 0.722. The van der Waals surface area contributed by atoms with E-state index >= 15 is 0 Å². The minimum atomic E-state index is 0.722. The molecule has 0 saturated heterocycles. The molecule has 0 atom stereocenters. The van der Waals surface area contributed by atoms with Crippen molar-refractivity contribution in [3.63, 3.8) is 0 Å². The number of hydrogen-bond acceptors (Lipinski definition) is 0. The summed E-state index contributed by atoms with van der Waals surface area (Å²) in [6.45, 7) is 9.15. The predicted molar refractivity (Wildman–Crippen MR) is 62.1 cm³/mol. The van der Waals surface area contributed by atoms with Crippen molar-refractivity contribution in [3.05, 3.63) is 0 Å². The van der Waals surface area contributed by atoms with Crippen LogP contribution in [0.25, 0.3) is 0 Å². The fourth-order valence-corrected chi connectivity index (χ4v) is 1.56. The van der Waals surface area contributed by atoms with E-state index in [0.717, 1.165) is 5.41 Å². The van der Waals surface area contributed by atoms with Crippen molar-refractivity contribution in [1.82, 2.24) is 0 Å². The van der Waals surface area contributed by atoms with Crippen LogP contribution in [0.4, 0.5) is 0 Å². The molecule has 0 heterocycles. The van der Waals surface area contributed by atoms with E-state index in [0.29, 0.717) is 0 Å². The summed E-state index contributed by atoms with van der Waals surface area (Å²) in [4.78, 5) is 0. The maximum atomic E-state index is 2.33. The Balaban J connectivity index is 0.000000223. The summed E-state index contributed by atoms with van der Waals surface area (Å²) in [5, 5.41) is 0. The maximum Gasteiger partial charge on any atom is -0.0354 e. The van der Waals surface area contributed by atoms with Gasteiger partial charge in [-0.15, -0.1) is 0 Å². The molecule has 0 spiro atoms. The van der Waals surface area contributed by atoms with Gasteiger partial charge in [0.15, 0.2) is 0 Å². The molecule has 1 fully saturated rings. The molecule has 1 saturated carbocycles. The van der Waals surface area contributed by atoms with Gasteiger partial charge in [-0.25, -0.2) is 0 Å². The molecule has 0 nitrogen and oxygen atoms in total. The largest absolute Gasteiger partial charge is 0.0654 e. The molecule has 0 bridgehead atoms. The highest BCUT2D eigenvalue weighted by Gasteiger charge is 2.24. The Hall–Kier alpha value is 0. The normalized spacial score (nSPS) is 18.5. The summed E-state index contributed by atoms with van der Waals surface area (Å²) in [6.07, 6.45) is 11.4. The minimum Gasteiger partial charge on any atom is -0.0654 e. The average Bonchev–Trinajstić information content (AvgIpc) is 2.04. The zero-order valence-electron chi connectivity index (χ0n) is 10.2. The monoisotopic (exact) mass is 184 g/mol. The first kappa shape index (κ1) is 13.0. The van der Waals surface area contributed by atoms with Crippen molar-refractivity contribution < 1.29 is 0 Å². The second kappa shape index (κ2) is 7.41. The zero-order chi connectivity index (χ0) is 10.2. The highest BCUT2D eigenvalue weighted by molar-refractivity contribution is 4.77. The van der Waals surface area contributed by atoms with Crippen molar-refractivity contribution in [1.29, 1.82) is 0 Å². The fraction of sp³-hybridized carbons (Fsp3) is 1.00. The Morgan fingerprint density at radius 2 is 1.23 bits per heavy atom. The molecule has 0 aromatic rings. The van der Waals surface area contributed by atoms with Gasteiger partial charge in [0.2, 0.25) is 0 Å². The third-order valence-corrected chi connectivity index (χ3v) is 2.91.